The zero-order valence-corrected chi connectivity index (χ0v) is 10.9. The summed E-state index contributed by atoms with van der Waals surface area (Å²) in [5.74, 6) is 2.11. The molecular formula is C12H13FN2S2. The van der Waals surface area contributed by atoms with Gasteiger partial charge in [-0.15, -0.1) is 0 Å². The highest BCUT2D eigenvalue weighted by Crippen LogP contribution is 2.30. The van der Waals surface area contributed by atoms with Crippen LogP contribution in [-0.4, -0.2) is 21.1 Å². The number of halogens is 1. The van der Waals surface area contributed by atoms with E-state index in [-0.39, 0.29) is 5.82 Å². The zero-order chi connectivity index (χ0) is 11.8. The molecular weight excluding hydrogens is 255 g/mol. The molecule has 1 N–H and O–H groups in total. The summed E-state index contributed by atoms with van der Waals surface area (Å²) in [6, 6.07) is 5.27. The van der Waals surface area contributed by atoms with Gasteiger partial charge in [0.15, 0.2) is 4.77 Å². The van der Waals surface area contributed by atoms with E-state index in [9.17, 15) is 4.39 Å². The first-order chi connectivity index (χ1) is 8.25. The van der Waals surface area contributed by atoms with Crippen molar-refractivity contribution in [3.8, 4) is 0 Å². The summed E-state index contributed by atoms with van der Waals surface area (Å²) < 4.78 is 16.0. The third-order valence-electron chi connectivity index (χ3n) is 3.18. The van der Waals surface area contributed by atoms with Crippen molar-refractivity contribution in [2.75, 3.05) is 11.5 Å². The molecule has 2 nitrogen and oxygen atoms in total. The first-order valence-electron chi connectivity index (χ1n) is 5.73. The molecule has 1 aliphatic rings. The average molecular weight is 268 g/mol. The van der Waals surface area contributed by atoms with Crippen molar-refractivity contribution >= 4 is 35.0 Å². The van der Waals surface area contributed by atoms with Gasteiger partial charge in [0.2, 0.25) is 0 Å². The molecule has 5 heteroatoms. The number of H-pyrrole nitrogens is 1. The predicted molar refractivity (Wildman–Crippen MR) is 72.7 cm³/mol. The van der Waals surface area contributed by atoms with Crippen molar-refractivity contribution in [3.05, 3.63) is 28.8 Å². The van der Waals surface area contributed by atoms with Gasteiger partial charge in [-0.3, -0.25) is 0 Å². The zero-order valence-electron chi connectivity index (χ0n) is 9.28. The number of thioether (sulfide) groups is 1. The molecule has 2 heterocycles. The number of aromatic amines is 1. The molecule has 1 aliphatic heterocycles. The molecule has 1 aromatic carbocycles. The normalized spacial score (nSPS) is 20.9. The Labute approximate surface area is 108 Å². The van der Waals surface area contributed by atoms with Gasteiger partial charge in [-0.05, 0) is 49.0 Å². The van der Waals surface area contributed by atoms with Crippen molar-refractivity contribution in [1.29, 1.82) is 0 Å². The Kier molecular flexibility index (Phi) is 2.96. The van der Waals surface area contributed by atoms with Gasteiger partial charge in [0.25, 0.3) is 0 Å². The Morgan fingerprint density at radius 1 is 1.47 bits per heavy atom. The van der Waals surface area contributed by atoms with Gasteiger partial charge in [-0.1, -0.05) is 0 Å². The van der Waals surface area contributed by atoms with Crippen LogP contribution in [0, 0.1) is 10.6 Å². The minimum atomic E-state index is -0.223. The number of rotatable bonds is 1. The lowest BCUT2D eigenvalue weighted by atomic mass is 10.2. The van der Waals surface area contributed by atoms with E-state index < -0.39 is 0 Å². The molecule has 17 heavy (non-hydrogen) atoms. The second-order valence-corrected chi connectivity index (χ2v) is 5.87. The number of imidazole rings is 1. The Morgan fingerprint density at radius 3 is 3.12 bits per heavy atom. The standard InChI is InChI=1S/C12H13FN2S2/c13-8-3-4-11-10(6-8)14-12(16)15(11)9-2-1-5-17-7-9/h3-4,6,9H,1-2,5,7H2,(H,14,16). The maximum Gasteiger partial charge on any atom is 0.178 e. The third kappa shape index (κ3) is 2.02. The average Bonchev–Trinajstić information content (AvgIpc) is 2.65. The lowest BCUT2D eigenvalue weighted by Crippen LogP contribution is -2.16. The second-order valence-electron chi connectivity index (χ2n) is 4.33. The van der Waals surface area contributed by atoms with Crippen molar-refractivity contribution < 1.29 is 4.39 Å². The number of benzene rings is 1. The highest BCUT2D eigenvalue weighted by Gasteiger charge is 2.18. The fraction of sp³-hybridized carbons (Fsp3) is 0.417. The van der Waals surface area contributed by atoms with Crippen LogP contribution in [0.2, 0.25) is 0 Å². The van der Waals surface area contributed by atoms with Crippen LogP contribution >= 0.6 is 24.0 Å². The highest BCUT2D eigenvalue weighted by molar-refractivity contribution is 7.99. The number of nitrogens with one attached hydrogen (secondary N) is 1. The van der Waals surface area contributed by atoms with Crippen LogP contribution in [0.1, 0.15) is 18.9 Å². The van der Waals surface area contributed by atoms with E-state index in [1.807, 2.05) is 17.8 Å². The molecule has 0 bridgehead atoms. The summed E-state index contributed by atoms with van der Waals surface area (Å²) in [4.78, 5) is 3.09. The molecule has 90 valence electrons. The predicted octanol–water partition coefficient (Wildman–Crippen LogP) is 3.91. The van der Waals surface area contributed by atoms with Crippen LogP contribution in [0.15, 0.2) is 18.2 Å². The summed E-state index contributed by atoms with van der Waals surface area (Å²) in [6.45, 7) is 0. The van der Waals surface area contributed by atoms with Crippen molar-refractivity contribution in [1.82, 2.24) is 9.55 Å². The summed E-state index contributed by atoms with van der Waals surface area (Å²) in [7, 11) is 0. The summed E-state index contributed by atoms with van der Waals surface area (Å²) in [5, 5.41) is 0. The number of fused-ring (bicyclic) bond motifs is 1. The van der Waals surface area contributed by atoms with Crippen LogP contribution < -0.4 is 0 Å². The molecule has 0 saturated carbocycles. The van der Waals surface area contributed by atoms with Crippen LogP contribution in [-0.2, 0) is 0 Å². The van der Waals surface area contributed by atoms with Gasteiger partial charge >= 0.3 is 0 Å². The first kappa shape index (κ1) is 11.3. The van der Waals surface area contributed by atoms with Crippen LogP contribution in [0.25, 0.3) is 11.0 Å². The quantitative estimate of drug-likeness (QED) is 0.792. The Bertz CT molecular complexity index is 596. The molecule has 1 unspecified atom stereocenters. The number of aromatic nitrogens is 2. The summed E-state index contributed by atoms with van der Waals surface area (Å²) >= 11 is 7.32. The van der Waals surface area contributed by atoms with E-state index in [2.05, 4.69) is 9.55 Å². The maximum atomic E-state index is 13.2. The summed E-state index contributed by atoms with van der Waals surface area (Å²) in [6.07, 6.45) is 2.39. The molecule has 2 aromatic rings. The molecule has 1 atom stereocenters. The van der Waals surface area contributed by atoms with Crippen LogP contribution in [0.5, 0.6) is 0 Å². The first-order valence-corrected chi connectivity index (χ1v) is 7.29. The van der Waals surface area contributed by atoms with Crippen molar-refractivity contribution in [3.63, 3.8) is 0 Å². The SMILES string of the molecule is Fc1ccc2c(c1)[nH]c(=S)n2C1CCCSC1. The van der Waals surface area contributed by atoms with Crippen LogP contribution in [0.4, 0.5) is 4.39 Å². The Balaban J connectivity index is 2.14. The van der Waals surface area contributed by atoms with E-state index in [1.54, 1.807) is 0 Å². The van der Waals surface area contributed by atoms with Gasteiger partial charge in [-0.2, -0.15) is 11.8 Å². The lowest BCUT2D eigenvalue weighted by Gasteiger charge is -2.23. The lowest BCUT2D eigenvalue weighted by molar-refractivity contribution is 0.506. The van der Waals surface area contributed by atoms with E-state index in [4.69, 9.17) is 12.2 Å². The largest absolute Gasteiger partial charge is 0.330 e. The van der Waals surface area contributed by atoms with Gasteiger partial charge in [0.1, 0.15) is 5.82 Å². The van der Waals surface area contributed by atoms with E-state index >= 15 is 0 Å². The van der Waals surface area contributed by atoms with Crippen molar-refractivity contribution in [2.45, 2.75) is 18.9 Å². The molecule has 0 amide bonds. The Hall–Kier alpha value is -0.810. The van der Waals surface area contributed by atoms with E-state index in [0.717, 1.165) is 23.2 Å². The molecule has 0 radical (unpaired) electrons. The summed E-state index contributed by atoms with van der Waals surface area (Å²) in [5.41, 5.74) is 1.81. The van der Waals surface area contributed by atoms with Gasteiger partial charge in [-0.25, -0.2) is 4.39 Å². The monoisotopic (exact) mass is 268 g/mol. The molecule has 0 aliphatic carbocycles. The number of nitrogens with zero attached hydrogens (tertiary/aromatic N) is 1. The van der Waals surface area contributed by atoms with E-state index in [0.29, 0.717) is 10.8 Å². The van der Waals surface area contributed by atoms with Gasteiger partial charge < -0.3 is 9.55 Å². The number of hydrogen-bond donors (Lipinski definition) is 1. The molecule has 3 rings (SSSR count). The Morgan fingerprint density at radius 2 is 2.35 bits per heavy atom. The maximum absolute atomic E-state index is 13.2. The van der Waals surface area contributed by atoms with E-state index in [1.165, 1.54) is 24.3 Å². The highest BCUT2D eigenvalue weighted by atomic mass is 32.2. The smallest absolute Gasteiger partial charge is 0.178 e. The molecule has 1 aromatic heterocycles. The molecule has 1 saturated heterocycles. The minimum absolute atomic E-state index is 0.223. The fourth-order valence-corrected chi connectivity index (χ4v) is 3.88. The molecule has 0 spiro atoms. The van der Waals surface area contributed by atoms with Crippen LogP contribution in [0.3, 0.4) is 0 Å². The minimum Gasteiger partial charge on any atom is -0.330 e. The topological polar surface area (TPSA) is 20.7 Å². The third-order valence-corrected chi connectivity index (χ3v) is 4.68. The molecule has 1 fully saturated rings. The van der Waals surface area contributed by atoms with Gasteiger partial charge in [0, 0.05) is 11.8 Å². The van der Waals surface area contributed by atoms with Crippen molar-refractivity contribution in [2.24, 2.45) is 0 Å². The fourth-order valence-electron chi connectivity index (χ4n) is 2.39. The second kappa shape index (κ2) is 4.46. The number of hydrogen-bond acceptors (Lipinski definition) is 2. The van der Waals surface area contributed by atoms with Gasteiger partial charge in [0.05, 0.1) is 11.0 Å².